The molecule has 1 aromatic carbocycles. The van der Waals surface area contributed by atoms with Gasteiger partial charge in [0.05, 0.1) is 6.10 Å². The largest absolute Gasteiger partial charge is 0.460 e. The molecular weight excluding hydrogens is 248 g/mol. The van der Waals surface area contributed by atoms with Gasteiger partial charge in [-0.25, -0.2) is 4.79 Å². The molecular formula is C18H26O2. The van der Waals surface area contributed by atoms with Gasteiger partial charge in [-0.1, -0.05) is 58.0 Å². The Bertz CT molecular complexity index is 467. The van der Waals surface area contributed by atoms with Crippen LogP contribution in [0.1, 0.15) is 47.1 Å². The summed E-state index contributed by atoms with van der Waals surface area (Å²) in [5.41, 5.74) is 2.98. The van der Waals surface area contributed by atoms with Crippen LogP contribution >= 0.6 is 0 Å². The predicted molar refractivity (Wildman–Crippen MR) is 84.3 cm³/mol. The Balaban J connectivity index is 3.38. The van der Waals surface area contributed by atoms with E-state index in [4.69, 9.17) is 4.74 Å². The molecule has 0 bridgehead atoms. The lowest BCUT2D eigenvalue weighted by Crippen LogP contribution is -2.19. The summed E-state index contributed by atoms with van der Waals surface area (Å²) in [6, 6.07) is 10.1. The van der Waals surface area contributed by atoms with Crippen LogP contribution in [0.5, 0.6) is 0 Å². The van der Waals surface area contributed by atoms with Gasteiger partial charge in [-0.15, -0.1) is 0 Å². The van der Waals surface area contributed by atoms with Crippen LogP contribution < -0.4 is 0 Å². The van der Waals surface area contributed by atoms with Crippen molar-refractivity contribution in [3.05, 3.63) is 41.5 Å². The van der Waals surface area contributed by atoms with Gasteiger partial charge in [0.15, 0.2) is 0 Å². The lowest BCUT2D eigenvalue weighted by atomic mass is 9.86. The van der Waals surface area contributed by atoms with Crippen molar-refractivity contribution in [1.29, 1.82) is 0 Å². The molecule has 1 rings (SSSR count). The Hall–Kier alpha value is -1.57. The number of hydrogen-bond acceptors (Lipinski definition) is 2. The summed E-state index contributed by atoms with van der Waals surface area (Å²) in [4.78, 5) is 12.4. The van der Waals surface area contributed by atoms with E-state index in [9.17, 15) is 4.79 Å². The van der Waals surface area contributed by atoms with Crippen LogP contribution in [0.2, 0.25) is 0 Å². The molecule has 2 heteroatoms. The molecule has 0 saturated heterocycles. The number of ether oxygens (including phenoxy) is 1. The molecule has 0 heterocycles. The average Bonchev–Trinajstić information content (AvgIpc) is 2.34. The molecule has 0 spiro atoms. The van der Waals surface area contributed by atoms with Gasteiger partial charge in [0.2, 0.25) is 0 Å². The first-order valence-corrected chi connectivity index (χ1v) is 7.35. The van der Waals surface area contributed by atoms with E-state index >= 15 is 0 Å². The first-order valence-electron chi connectivity index (χ1n) is 7.35. The van der Waals surface area contributed by atoms with E-state index < -0.39 is 0 Å². The first kappa shape index (κ1) is 16.5. The molecule has 0 aliphatic rings. The fourth-order valence-electron chi connectivity index (χ4n) is 2.35. The molecule has 0 aliphatic heterocycles. The maximum Gasteiger partial charge on any atom is 0.334 e. The molecule has 0 radical (unpaired) electrons. The SMILES string of the molecule is CC(C)OC(=O)C(=C(c1ccccc1)C(C)C)C(C)C. The van der Waals surface area contributed by atoms with Crippen LogP contribution in [0.3, 0.4) is 0 Å². The second kappa shape index (κ2) is 7.28. The second-order valence-electron chi connectivity index (χ2n) is 5.96. The molecule has 20 heavy (non-hydrogen) atoms. The zero-order chi connectivity index (χ0) is 15.3. The van der Waals surface area contributed by atoms with Crippen LogP contribution in [0.4, 0.5) is 0 Å². The third kappa shape index (κ3) is 4.22. The van der Waals surface area contributed by atoms with Crippen molar-refractivity contribution < 1.29 is 9.53 Å². The summed E-state index contributed by atoms with van der Waals surface area (Å²) in [6.45, 7) is 12.1. The van der Waals surface area contributed by atoms with Crippen molar-refractivity contribution >= 4 is 11.5 Å². The molecule has 1 aromatic rings. The van der Waals surface area contributed by atoms with Crippen LogP contribution in [-0.4, -0.2) is 12.1 Å². The number of allylic oxidation sites excluding steroid dienone is 1. The van der Waals surface area contributed by atoms with Crippen molar-refractivity contribution in [3.63, 3.8) is 0 Å². The standard InChI is InChI=1S/C18H26O2/c1-12(2)16(15-10-8-7-9-11-15)17(13(3)4)18(19)20-14(5)6/h7-14H,1-6H3. The number of carbonyl (C=O) groups is 1. The van der Waals surface area contributed by atoms with E-state index in [0.717, 1.165) is 16.7 Å². The van der Waals surface area contributed by atoms with E-state index in [1.54, 1.807) is 0 Å². The minimum Gasteiger partial charge on any atom is -0.460 e. The summed E-state index contributed by atoms with van der Waals surface area (Å²) in [6.07, 6.45) is -0.0968. The summed E-state index contributed by atoms with van der Waals surface area (Å²) in [5.74, 6) is 0.218. The van der Waals surface area contributed by atoms with Gasteiger partial charge in [0.1, 0.15) is 0 Å². The number of carbonyl (C=O) groups excluding carboxylic acids is 1. The number of hydrogen-bond donors (Lipinski definition) is 0. The van der Waals surface area contributed by atoms with Crippen LogP contribution in [0.25, 0.3) is 5.57 Å². The highest BCUT2D eigenvalue weighted by atomic mass is 16.5. The fraction of sp³-hybridized carbons (Fsp3) is 0.500. The predicted octanol–water partition coefficient (Wildman–Crippen LogP) is 4.70. The molecule has 0 atom stereocenters. The molecule has 0 N–H and O–H groups in total. The molecule has 2 nitrogen and oxygen atoms in total. The van der Waals surface area contributed by atoms with E-state index in [1.807, 2.05) is 45.9 Å². The van der Waals surface area contributed by atoms with E-state index in [1.165, 1.54) is 0 Å². The third-order valence-corrected chi connectivity index (χ3v) is 3.09. The average molecular weight is 274 g/mol. The van der Waals surface area contributed by atoms with Crippen molar-refractivity contribution in [1.82, 2.24) is 0 Å². The van der Waals surface area contributed by atoms with E-state index in [2.05, 4.69) is 26.0 Å². The molecule has 0 fully saturated rings. The molecule has 0 aromatic heterocycles. The summed E-state index contributed by atoms with van der Waals surface area (Å²) in [5, 5.41) is 0. The van der Waals surface area contributed by atoms with Gasteiger partial charge in [0, 0.05) is 5.57 Å². The van der Waals surface area contributed by atoms with Crippen LogP contribution in [0, 0.1) is 11.8 Å². The minimum absolute atomic E-state index is 0.0968. The van der Waals surface area contributed by atoms with Gasteiger partial charge < -0.3 is 4.74 Å². The maximum atomic E-state index is 12.4. The van der Waals surface area contributed by atoms with Gasteiger partial charge in [-0.3, -0.25) is 0 Å². The summed E-state index contributed by atoms with van der Waals surface area (Å²) >= 11 is 0. The highest BCUT2D eigenvalue weighted by Crippen LogP contribution is 2.31. The van der Waals surface area contributed by atoms with Crippen molar-refractivity contribution in [2.75, 3.05) is 0 Å². The quantitative estimate of drug-likeness (QED) is 0.574. The highest BCUT2D eigenvalue weighted by molar-refractivity contribution is 5.98. The lowest BCUT2D eigenvalue weighted by Gasteiger charge is -2.21. The van der Waals surface area contributed by atoms with E-state index in [-0.39, 0.29) is 23.9 Å². The summed E-state index contributed by atoms with van der Waals surface area (Å²) < 4.78 is 5.43. The maximum absolute atomic E-state index is 12.4. The molecule has 0 unspecified atom stereocenters. The molecule has 0 aliphatic carbocycles. The van der Waals surface area contributed by atoms with Crippen molar-refractivity contribution in [2.24, 2.45) is 11.8 Å². The monoisotopic (exact) mass is 274 g/mol. The fourth-order valence-corrected chi connectivity index (χ4v) is 2.35. The second-order valence-corrected chi connectivity index (χ2v) is 5.96. The van der Waals surface area contributed by atoms with Gasteiger partial charge in [-0.05, 0) is 36.8 Å². The number of esters is 1. The zero-order valence-corrected chi connectivity index (χ0v) is 13.4. The van der Waals surface area contributed by atoms with Crippen molar-refractivity contribution in [2.45, 2.75) is 47.6 Å². The third-order valence-electron chi connectivity index (χ3n) is 3.09. The Labute approximate surface area is 122 Å². The van der Waals surface area contributed by atoms with Gasteiger partial charge in [0.25, 0.3) is 0 Å². The first-order chi connectivity index (χ1) is 9.34. The van der Waals surface area contributed by atoms with Gasteiger partial charge in [-0.2, -0.15) is 0 Å². The Morgan fingerprint density at radius 3 is 1.85 bits per heavy atom. The Morgan fingerprint density at radius 1 is 0.900 bits per heavy atom. The topological polar surface area (TPSA) is 26.3 Å². The Kier molecular flexibility index (Phi) is 6.00. The van der Waals surface area contributed by atoms with Gasteiger partial charge >= 0.3 is 5.97 Å². The van der Waals surface area contributed by atoms with E-state index in [0.29, 0.717) is 0 Å². The molecule has 110 valence electrons. The summed E-state index contributed by atoms with van der Waals surface area (Å²) in [7, 11) is 0. The smallest absolute Gasteiger partial charge is 0.334 e. The Morgan fingerprint density at radius 2 is 1.45 bits per heavy atom. The molecule has 0 saturated carbocycles. The number of benzene rings is 1. The van der Waals surface area contributed by atoms with Crippen LogP contribution in [0.15, 0.2) is 35.9 Å². The lowest BCUT2D eigenvalue weighted by molar-refractivity contribution is -0.143. The minimum atomic E-state index is -0.192. The zero-order valence-electron chi connectivity index (χ0n) is 13.4. The normalized spacial score (nSPS) is 12.8. The number of rotatable bonds is 5. The van der Waals surface area contributed by atoms with Crippen LogP contribution in [-0.2, 0) is 9.53 Å². The highest BCUT2D eigenvalue weighted by Gasteiger charge is 2.23. The van der Waals surface area contributed by atoms with Crippen molar-refractivity contribution in [3.8, 4) is 0 Å². The molecule has 0 amide bonds.